The van der Waals surface area contributed by atoms with E-state index in [-0.39, 0.29) is 22.8 Å². The number of carbonyl (C=O) groups excluding carboxylic acids is 1. The zero-order chi connectivity index (χ0) is 17.3. The van der Waals surface area contributed by atoms with Gasteiger partial charge < -0.3 is 14.8 Å². The molecule has 0 saturated carbocycles. The van der Waals surface area contributed by atoms with Crippen LogP contribution in [0.25, 0.3) is 0 Å². The number of aryl methyl sites for hydroxylation is 1. The van der Waals surface area contributed by atoms with Gasteiger partial charge in [-0.1, -0.05) is 6.92 Å². The lowest BCUT2D eigenvalue weighted by atomic mass is 9.98. The van der Waals surface area contributed by atoms with Crippen molar-refractivity contribution in [1.29, 1.82) is 0 Å². The number of amides is 1. The van der Waals surface area contributed by atoms with Crippen LogP contribution in [-0.4, -0.2) is 49.3 Å². The highest BCUT2D eigenvalue weighted by Gasteiger charge is 2.34. The molecule has 0 fully saturated rings. The van der Waals surface area contributed by atoms with E-state index in [2.05, 4.69) is 5.32 Å². The van der Waals surface area contributed by atoms with Crippen molar-refractivity contribution in [2.75, 3.05) is 14.1 Å². The molecule has 124 valence electrons. The van der Waals surface area contributed by atoms with Gasteiger partial charge in [0.1, 0.15) is 11.3 Å². The van der Waals surface area contributed by atoms with Crippen molar-refractivity contribution in [3.8, 4) is 0 Å². The molecule has 1 atom stereocenters. The van der Waals surface area contributed by atoms with Crippen LogP contribution >= 0.6 is 0 Å². The highest BCUT2D eigenvalue weighted by atomic mass is 32.2. The lowest BCUT2D eigenvalue weighted by molar-refractivity contribution is -0.143. The molecule has 0 spiro atoms. The number of nitrogens with zero attached hydrogens (tertiary/aromatic N) is 1. The molecule has 0 aliphatic rings. The van der Waals surface area contributed by atoms with Crippen molar-refractivity contribution in [3.05, 3.63) is 17.4 Å². The second-order valence-electron chi connectivity index (χ2n) is 5.27. The minimum Gasteiger partial charge on any atom is -0.480 e. The third-order valence-electron chi connectivity index (χ3n) is 3.44. The van der Waals surface area contributed by atoms with Gasteiger partial charge in [-0.15, -0.1) is 0 Å². The fourth-order valence-corrected chi connectivity index (χ4v) is 2.46. The highest BCUT2D eigenvalue weighted by molar-refractivity contribution is 7.88. The number of hydrogen-bond acceptors (Lipinski definition) is 5. The van der Waals surface area contributed by atoms with E-state index in [4.69, 9.17) is 9.52 Å². The number of carboxylic acid groups (broad SMARTS) is 1. The van der Waals surface area contributed by atoms with Crippen LogP contribution in [0.1, 0.15) is 36.4 Å². The number of sulfonamides is 1. The average molecular weight is 332 g/mol. The number of nitrogens with one attached hydrogen (secondary N) is 1. The summed E-state index contributed by atoms with van der Waals surface area (Å²) in [5.74, 6) is -1.78. The Balaban J connectivity index is 3.17. The van der Waals surface area contributed by atoms with E-state index in [0.29, 0.717) is 0 Å². The topological polar surface area (TPSA) is 117 Å². The van der Waals surface area contributed by atoms with Crippen LogP contribution in [0.15, 0.2) is 15.6 Å². The summed E-state index contributed by atoms with van der Waals surface area (Å²) in [5, 5.41) is 11.2. The molecular formula is C13H20N2O6S. The summed E-state index contributed by atoms with van der Waals surface area (Å²) in [7, 11) is -1.13. The number of aliphatic carboxylic acids is 1. The Morgan fingerprint density at radius 1 is 1.41 bits per heavy atom. The van der Waals surface area contributed by atoms with E-state index in [9.17, 15) is 18.0 Å². The first-order valence-corrected chi connectivity index (χ1v) is 7.98. The summed E-state index contributed by atoms with van der Waals surface area (Å²) in [5.41, 5.74) is -1.46. The largest absolute Gasteiger partial charge is 0.480 e. The summed E-state index contributed by atoms with van der Waals surface area (Å²) in [4.78, 5) is 23.4. The van der Waals surface area contributed by atoms with Crippen molar-refractivity contribution < 1.29 is 27.5 Å². The molecule has 0 saturated heterocycles. The molecule has 1 rings (SSSR count). The first-order valence-electron chi connectivity index (χ1n) is 6.54. The zero-order valence-electron chi connectivity index (χ0n) is 13.1. The fourth-order valence-electron chi connectivity index (χ4n) is 1.60. The minimum atomic E-state index is -3.81. The summed E-state index contributed by atoms with van der Waals surface area (Å²) in [6, 6.07) is 1.10. The first-order chi connectivity index (χ1) is 9.95. The predicted molar refractivity (Wildman–Crippen MR) is 78.1 cm³/mol. The van der Waals surface area contributed by atoms with Crippen LogP contribution < -0.4 is 5.32 Å². The Kier molecular flexibility index (Phi) is 5.03. The van der Waals surface area contributed by atoms with Crippen LogP contribution in [0.2, 0.25) is 0 Å². The quantitative estimate of drug-likeness (QED) is 0.796. The molecule has 1 heterocycles. The van der Waals surface area contributed by atoms with Gasteiger partial charge in [-0.3, -0.25) is 4.79 Å². The molecule has 2 N–H and O–H groups in total. The van der Waals surface area contributed by atoms with Crippen molar-refractivity contribution >= 4 is 21.9 Å². The fraction of sp³-hybridized carbons (Fsp3) is 0.538. The molecule has 0 radical (unpaired) electrons. The number of rotatable bonds is 6. The van der Waals surface area contributed by atoms with Crippen LogP contribution in [0, 0.1) is 6.92 Å². The van der Waals surface area contributed by atoms with Gasteiger partial charge in [-0.05, 0) is 20.3 Å². The third kappa shape index (κ3) is 3.30. The normalized spacial score (nSPS) is 14.6. The summed E-state index contributed by atoms with van der Waals surface area (Å²) >= 11 is 0. The van der Waals surface area contributed by atoms with Gasteiger partial charge in [0.15, 0.2) is 0 Å². The molecule has 0 aliphatic carbocycles. The summed E-state index contributed by atoms with van der Waals surface area (Å²) in [6.45, 7) is 4.44. The molecule has 0 aliphatic heterocycles. The van der Waals surface area contributed by atoms with Gasteiger partial charge in [-0.2, -0.15) is 0 Å². The minimum absolute atomic E-state index is 0.0126. The standard InChI is InChI=1S/C13H20N2O6S/c1-6-13(3,12(17)18)14-11(16)9-7-10(21-8(9)2)22(19,20)15(4)5/h7H,6H2,1-5H3,(H,14,16)(H,17,18). The molecule has 9 heteroatoms. The van der Waals surface area contributed by atoms with Crippen molar-refractivity contribution in [1.82, 2.24) is 9.62 Å². The van der Waals surface area contributed by atoms with Gasteiger partial charge in [0.25, 0.3) is 15.9 Å². The molecule has 8 nitrogen and oxygen atoms in total. The molecule has 1 aromatic heterocycles. The van der Waals surface area contributed by atoms with Crippen LogP contribution in [0.4, 0.5) is 0 Å². The molecule has 1 unspecified atom stereocenters. The van der Waals surface area contributed by atoms with Crippen molar-refractivity contribution in [3.63, 3.8) is 0 Å². The van der Waals surface area contributed by atoms with E-state index in [0.717, 1.165) is 10.4 Å². The Hall–Kier alpha value is -1.87. The highest BCUT2D eigenvalue weighted by Crippen LogP contribution is 2.22. The molecular weight excluding hydrogens is 312 g/mol. The Bertz CT molecular complexity index is 691. The second kappa shape index (κ2) is 6.09. The second-order valence-corrected chi connectivity index (χ2v) is 7.35. The molecule has 0 bridgehead atoms. The number of carbonyl (C=O) groups is 2. The maximum atomic E-state index is 12.2. The number of carboxylic acids is 1. The SMILES string of the molecule is CCC(C)(NC(=O)c1cc(S(=O)(=O)N(C)C)oc1C)C(=O)O. The van der Waals surface area contributed by atoms with Gasteiger partial charge in [0.05, 0.1) is 5.56 Å². The third-order valence-corrected chi connectivity index (χ3v) is 5.11. The number of hydrogen-bond donors (Lipinski definition) is 2. The molecule has 1 aromatic rings. The monoisotopic (exact) mass is 332 g/mol. The van der Waals surface area contributed by atoms with E-state index >= 15 is 0 Å². The van der Waals surface area contributed by atoms with Gasteiger partial charge in [0, 0.05) is 20.2 Å². The maximum absolute atomic E-state index is 12.2. The Morgan fingerprint density at radius 3 is 2.36 bits per heavy atom. The maximum Gasteiger partial charge on any atom is 0.329 e. The van der Waals surface area contributed by atoms with Crippen molar-refractivity contribution in [2.24, 2.45) is 0 Å². The van der Waals surface area contributed by atoms with E-state index in [1.165, 1.54) is 27.9 Å². The van der Waals surface area contributed by atoms with Gasteiger partial charge in [-0.25, -0.2) is 17.5 Å². The Labute approximate surface area is 129 Å². The van der Waals surface area contributed by atoms with Crippen molar-refractivity contribution in [2.45, 2.75) is 37.8 Å². The van der Waals surface area contributed by atoms with Crippen LogP contribution in [0.3, 0.4) is 0 Å². The predicted octanol–water partition coefficient (Wildman–Crippen LogP) is 0.821. The average Bonchev–Trinajstić information content (AvgIpc) is 2.80. The lowest BCUT2D eigenvalue weighted by Gasteiger charge is -2.24. The smallest absolute Gasteiger partial charge is 0.329 e. The van der Waals surface area contributed by atoms with E-state index < -0.39 is 27.4 Å². The number of furan rings is 1. The van der Waals surface area contributed by atoms with Crippen LogP contribution in [0.5, 0.6) is 0 Å². The van der Waals surface area contributed by atoms with E-state index in [1.54, 1.807) is 6.92 Å². The van der Waals surface area contributed by atoms with E-state index in [1.807, 2.05) is 0 Å². The summed E-state index contributed by atoms with van der Waals surface area (Å²) < 4.78 is 30.0. The first kappa shape index (κ1) is 18.2. The van der Waals surface area contributed by atoms with Gasteiger partial charge in [0.2, 0.25) is 5.09 Å². The van der Waals surface area contributed by atoms with Crippen LogP contribution in [-0.2, 0) is 14.8 Å². The molecule has 1 amide bonds. The summed E-state index contributed by atoms with van der Waals surface area (Å²) in [6.07, 6.45) is 0.174. The molecule has 22 heavy (non-hydrogen) atoms. The van der Waals surface area contributed by atoms with Gasteiger partial charge >= 0.3 is 5.97 Å². The molecule has 0 aromatic carbocycles. The lowest BCUT2D eigenvalue weighted by Crippen LogP contribution is -2.51. The Morgan fingerprint density at radius 2 is 1.95 bits per heavy atom. The zero-order valence-corrected chi connectivity index (χ0v) is 13.9.